The number of ether oxygens (including phenoxy) is 2. The van der Waals surface area contributed by atoms with Crippen LogP contribution in [0.1, 0.15) is 25.3 Å². The fraction of sp³-hybridized carbons (Fsp3) is 0.600. The van der Waals surface area contributed by atoms with E-state index in [1.54, 1.807) is 6.92 Å². The average Bonchev–Trinajstić information content (AvgIpc) is 2.67. The number of hydrogen-bond acceptors (Lipinski definition) is 5. The molecule has 6 heteroatoms. The Labute approximate surface area is 156 Å². The van der Waals surface area contributed by atoms with E-state index < -0.39 is 0 Å². The lowest BCUT2D eigenvalue weighted by atomic mass is 10.0. The first-order valence-electron chi connectivity index (χ1n) is 9.17. The van der Waals surface area contributed by atoms with Gasteiger partial charge >= 0.3 is 5.97 Å². The van der Waals surface area contributed by atoms with E-state index in [1.165, 1.54) is 19.8 Å². The molecule has 1 atom stereocenters. The van der Waals surface area contributed by atoms with Crippen molar-refractivity contribution in [1.82, 2.24) is 9.80 Å². The van der Waals surface area contributed by atoms with Gasteiger partial charge in [-0.2, -0.15) is 0 Å². The summed E-state index contributed by atoms with van der Waals surface area (Å²) in [5.41, 5.74) is 1.30. The monoisotopic (exact) mass is 362 g/mol. The van der Waals surface area contributed by atoms with Crippen LogP contribution < -0.4 is 0 Å². The highest BCUT2D eigenvalue weighted by atomic mass is 16.5. The van der Waals surface area contributed by atoms with Gasteiger partial charge in [0.1, 0.15) is 6.61 Å². The van der Waals surface area contributed by atoms with Crippen LogP contribution in [0.15, 0.2) is 30.3 Å². The fourth-order valence-corrected chi connectivity index (χ4v) is 3.46. The molecule has 0 aromatic heterocycles. The van der Waals surface area contributed by atoms with Gasteiger partial charge in [0.05, 0.1) is 13.0 Å². The van der Waals surface area contributed by atoms with Crippen LogP contribution in [0.4, 0.5) is 0 Å². The lowest BCUT2D eigenvalue weighted by Gasteiger charge is -2.39. The number of nitrogens with zero attached hydrogens (tertiary/aromatic N) is 2. The quantitative estimate of drug-likeness (QED) is 0.662. The lowest BCUT2D eigenvalue weighted by Crippen LogP contribution is -2.50. The second kappa shape index (κ2) is 10.3. The zero-order valence-corrected chi connectivity index (χ0v) is 16.0. The maximum Gasteiger partial charge on any atom is 0.310 e. The second-order valence-corrected chi connectivity index (χ2v) is 6.90. The number of carbonyl (C=O) groups excluding carboxylic acids is 2. The molecular weight excluding hydrogens is 332 g/mol. The molecule has 1 fully saturated rings. The molecule has 144 valence electrons. The molecule has 6 nitrogen and oxygen atoms in total. The Bertz CT molecular complexity index is 570. The van der Waals surface area contributed by atoms with Gasteiger partial charge in [-0.15, -0.1) is 0 Å². The molecule has 0 spiro atoms. The Hall–Kier alpha value is -1.92. The van der Waals surface area contributed by atoms with Crippen LogP contribution >= 0.6 is 0 Å². The van der Waals surface area contributed by atoms with Gasteiger partial charge in [-0.25, -0.2) is 0 Å². The van der Waals surface area contributed by atoms with Crippen molar-refractivity contribution in [3.8, 4) is 0 Å². The minimum absolute atomic E-state index is 0.0398. The van der Waals surface area contributed by atoms with Crippen molar-refractivity contribution in [1.29, 1.82) is 0 Å². The van der Waals surface area contributed by atoms with Crippen molar-refractivity contribution in [2.24, 2.45) is 5.92 Å². The number of hydrogen-bond donors (Lipinski definition) is 0. The smallest absolute Gasteiger partial charge is 0.310 e. The van der Waals surface area contributed by atoms with E-state index in [9.17, 15) is 9.59 Å². The zero-order valence-electron chi connectivity index (χ0n) is 16.0. The Balaban J connectivity index is 1.94. The number of rotatable bonds is 8. The summed E-state index contributed by atoms with van der Waals surface area (Å²) in [6.45, 7) is 5.00. The minimum Gasteiger partial charge on any atom is -0.469 e. The molecule has 0 bridgehead atoms. The third-order valence-corrected chi connectivity index (χ3v) is 4.91. The molecule has 2 rings (SSSR count). The van der Waals surface area contributed by atoms with Crippen LogP contribution in [-0.2, 0) is 25.6 Å². The summed E-state index contributed by atoms with van der Waals surface area (Å²) in [5, 5.41) is 0. The number of amides is 1. The highest BCUT2D eigenvalue weighted by Gasteiger charge is 2.30. The molecule has 1 aliphatic heterocycles. The van der Waals surface area contributed by atoms with Crippen molar-refractivity contribution < 1.29 is 19.1 Å². The van der Waals surface area contributed by atoms with Gasteiger partial charge in [-0.1, -0.05) is 37.3 Å². The van der Waals surface area contributed by atoms with Crippen molar-refractivity contribution >= 4 is 11.9 Å². The summed E-state index contributed by atoms with van der Waals surface area (Å²) in [4.78, 5) is 28.5. The van der Waals surface area contributed by atoms with Crippen molar-refractivity contribution in [2.75, 3.05) is 40.5 Å². The Morgan fingerprint density at radius 2 is 1.85 bits per heavy atom. The molecular formula is C20H30N2O4. The van der Waals surface area contributed by atoms with E-state index in [2.05, 4.69) is 29.2 Å². The number of piperidine rings is 1. The molecule has 1 aromatic carbocycles. The highest BCUT2D eigenvalue weighted by molar-refractivity contribution is 5.79. The predicted molar refractivity (Wildman–Crippen MR) is 99.5 cm³/mol. The van der Waals surface area contributed by atoms with Crippen molar-refractivity contribution in [2.45, 2.75) is 32.4 Å². The first kappa shape index (κ1) is 20.4. The molecule has 1 saturated heterocycles. The molecule has 0 N–H and O–H groups in total. The number of esters is 1. The molecule has 1 aromatic rings. The Morgan fingerprint density at radius 1 is 1.19 bits per heavy atom. The van der Waals surface area contributed by atoms with E-state index in [-0.39, 0.29) is 30.4 Å². The van der Waals surface area contributed by atoms with Crippen molar-refractivity contribution in [3.63, 3.8) is 0 Å². The second-order valence-electron chi connectivity index (χ2n) is 6.90. The summed E-state index contributed by atoms with van der Waals surface area (Å²) >= 11 is 0. The SMILES string of the molecule is COCC(=O)N(CC(C)C(=O)OC)C1CCN(Cc2ccccc2)CC1. The van der Waals surface area contributed by atoms with E-state index in [0.29, 0.717) is 6.54 Å². The van der Waals surface area contributed by atoms with Crippen LogP contribution in [0.2, 0.25) is 0 Å². The summed E-state index contributed by atoms with van der Waals surface area (Å²) in [7, 11) is 2.89. The van der Waals surface area contributed by atoms with Gasteiger partial charge in [0.2, 0.25) is 5.91 Å². The summed E-state index contributed by atoms with van der Waals surface area (Å²) in [6, 6.07) is 10.6. The first-order chi connectivity index (χ1) is 12.5. The third kappa shape index (κ3) is 5.81. The van der Waals surface area contributed by atoms with Crippen LogP contribution in [0.3, 0.4) is 0 Å². The van der Waals surface area contributed by atoms with Gasteiger partial charge in [0, 0.05) is 39.3 Å². The molecule has 1 heterocycles. The molecule has 0 aliphatic carbocycles. The predicted octanol–water partition coefficient (Wildman–Crippen LogP) is 1.94. The fourth-order valence-electron chi connectivity index (χ4n) is 3.46. The molecule has 1 unspecified atom stereocenters. The largest absolute Gasteiger partial charge is 0.469 e. The standard InChI is InChI=1S/C20H30N2O4/c1-16(20(24)26-3)13-22(19(23)15-25-2)18-9-11-21(12-10-18)14-17-7-5-4-6-8-17/h4-8,16,18H,9-15H2,1-3H3. The van der Waals surface area contributed by atoms with Gasteiger partial charge in [0.15, 0.2) is 0 Å². The minimum atomic E-state index is -0.344. The molecule has 1 aliphatic rings. The van der Waals surface area contributed by atoms with Crippen LogP contribution in [0, 0.1) is 5.92 Å². The van der Waals surface area contributed by atoms with Crippen molar-refractivity contribution in [3.05, 3.63) is 35.9 Å². The lowest BCUT2D eigenvalue weighted by molar-refractivity contribution is -0.148. The van der Waals surface area contributed by atoms with E-state index >= 15 is 0 Å². The Morgan fingerprint density at radius 3 is 2.42 bits per heavy atom. The summed E-state index contributed by atoms with van der Waals surface area (Å²) in [6.07, 6.45) is 1.80. The van der Waals surface area contributed by atoms with Gasteiger partial charge in [0.25, 0.3) is 0 Å². The van der Waals surface area contributed by atoms with E-state index in [0.717, 1.165) is 32.5 Å². The van der Waals surface area contributed by atoms with E-state index in [4.69, 9.17) is 9.47 Å². The number of carbonyl (C=O) groups is 2. The van der Waals surface area contributed by atoms with E-state index in [1.807, 2.05) is 11.0 Å². The van der Waals surface area contributed by atoms with Gasteiger partial charge in [-0.3, -0.25) is 14.5 Å². The first-order valence-corrected chi connectivity index (χ1v) is 9.17. The number of methoxy groups -OCH3 is 2. The highest BCUT2D eigenvalue weighted by Crippen LogP contribution is 2.20. The maximum atomic E-state index is 12.5. The van der Waals surface area contributed by atoms with Crippen LogP contribution in [0.5, 0.6) is 0 Å². The number of benzene rings is 1. The Kier molecular flexibility index (Phi) is 8.06. The zero-order chi connectivity index (χ0) is 18.9. The van der Waals surface area contributed by atoms with Crippen LogP contribution in [-0.4, -0.2) is 68.2 Å². The van der Waals surface area contributed by atoms with Crippen LogP contribution in [0.25, 0.3) is 0 Å². The molecule has 26 heavy (non-hydrogen) atoms. The molecule has 0 radical (unpaired) electrons. The maximum absolute atomic E-state index is 12.5. The number of likely N-dealkylation sites (tertiary alicyclic amines) is 1. The van der Waals surface area contributed by atoms with Gasteiger partial charge in [-0.05, 0) is 18.4 Å². The normalized spacial score (nSPS) is 16.9. The molecule has 0 saturated carbocycles. The topological polar surface area (TPSA) is 59.1 Å². The summed E-state index contributed by atoms with van der Waals surface area (Å²) in [5.74, 6) is -0.699. The summed E-state index contributed by atoms with van der Waals surface area (Å²) < 4.78 is 9.83. The molecule has 1 amide bonds. The van der Waals surface area contributed by atoms with Gasteiger partial charge < -0.3 is 14.4 Å². The third-order valence-electron chi connectivity index (χ3n) is 4.91. The average molecular weight is 362 g/mol.